The molecule has 0 aromatic carbocycles. The van der Waals surface area contributed by atoms with Crippen LogP contribution < -0.4 is 5.73 Å². The minimum Gasteiger partial charge on any atom is -0.396 e. The molecular formula is C11H24N2O2. The van der Waals surface area contributed by atoms with E-state index in [2.05, 4.69) is 6.92 Å². The van der Waals surface area contributed by atoms with Gasteiger partial charge >= 0.3 is 0 Å². The Morgan fingerprint density at radius 1 is 1.47 bits per heavy atom. The van der Waals surface area contributed by atoms with E-state index in [-0.39, 0.29) is 12.5 Å². The molecule has 90 valence electrons. The van der Waals surface area contributed by atoms with E-state index in [1.807, 2.05) is 6.92 Å². The lowest BCUT2D eigenvalue weighted by molar-refractivity contribution is -0.132. The lowest BCUT2D eigenvalue weighted by Crippen LogP contribution is -2.34. The molecule has 0 fully saturated rings. The Hall–Kier alpha value is -0.610. The summed E-state index contributed by atoms with van der Waals surface area (Å²) in [7, 11) is 0. The van der Waals surface area contributed by atoms with Crippen LogP contribution >= 0.6 is 0 Å². The molecule has 0 aliphatic heterocycles. The average molecular weight is 216 g/mol. The number of rotatable bonds is 8. The minimum absolute atomic E-state index is 0.137. The van der Waals surface area contributed by atoms with Gasteiger partial charge in [-0.3, -0.25) is 4.79 Å². The van der Waals surface area contributed by atoms with Crippen LogP contribution in [0, 0.1) is 5.92 Å². The maximum Gasteiger partial charge on any atom is 0.222 e. The molecule has 0 aromatic rings. The van der Waals surface area contributed by atoms with E-state index >= 15 is 0 Å². The Morgan fingerprint density at radius 3 is 2.53 bits per heavy atom. The number of carbonyl (C=O) groups excluding carboxylic acids is 1. The van der Waals surface area contributed by atoms with Crippen LogP contribution in [0.5, 0.6) is 0 Å². The van der Waals surface area contributed by atoms with Crippen LogP contribution in [0.1, 0.15) is 33.1 Å². The van der Waals surface area contributed by atoms with Crippen LogP contribution in [0.15, 0.2) is 0 Å². The summed E-state index contributed by atoms with van der Waals surface area (Å²) in [5.41, 5.74) is 5.56. The highest BCUT2D eigenvalue weighted by Crippen LogP contribution is 2.09. The van der Waals surface area contributed by atoms with Gasteiger partial charge < -0.3 is 15.7 Å². The quantitative estimate of drug-likeness (QED) is 0.624. The molecule has 1 atom stereocenters. The first-order valence-electron chi connectivity index (χ1n) is 5.78. The molecule has 15 heavy (non-hydrogen) atoms. The molecule has 0 saturated carbocycles. The third-order valence-corrected chi connectivity index (χ3v) is 2.69. The van der Waals surface area contributed by atoms with Crippen LogP contribution in [0.4, 0.5) is 0 Å². The predicted octanol–water partition coefficient (Wildman–Crippen LogP) is 0.592. The zero-order chi connectivity index (χ0) is 11.7. The molecule has 1 unspecified atom stereocenters. The van der Waals surface area contributed by atoms with Gasteiger partial charge in [0, 0.05) is 26.1 Å². The van der Waals surface area contributed by atoms with Gasteiger partial charge in [-0.1, -0.05) is 13.3 Å². The molecule has 4 nitrogen and oxygen atoms in total. The molecule has 0 rings (SSSR count). The number of aliphatic hydroxyl groups is 1. The summed E-state index contributed by atoms with van der Waals surface area (Å²) in [6.07, 6.45) is 2.13. The van der Waals surface area contributed by atoms with Crippen LogP contribution in [0.25, 0.3) is 0 Å². The molecule has 0 radical (unpaired) electrons. The summed E-state index contributed by atoms with van der Waals surface area (Å²) in [4.78, 5) is 13.6. The summed E-state index contributed by atoms with van der Waals surface area (Å²) >= 11 is 0. The van der Waals surface area contributed by atoms with E-state index in [1.165, 1.54) is 0 Å². The van der Waals surface area contributed by atoms with Crippen LogP contribution in [-0.4, -0.2) is 42.2 Å². The fourth-order valence-electron chi connectivity index (χ4n) is 1.49. The average Bonchev–Trinajstić information content (AvgIpc) is 2.26. The fourth-order valence-corrected chi connectivity index (χ4v) is 1.49. The molecule has 0 aromatic heterocycles. The molecule has 0 aliphatic carbocycles. The van der Waals surface area contributed by atoms with Gasteiger partial charge in [-0.25, -0.2) is 0 Å². The SMILES string of the molecule is CCC(CN)CC(=O)N(CC)CCCO. The number of amides is 1. The zero-order valence-corrected chi connectivity index (χ0v) is 9.91. The van der Waals surface area contributed by atoms with Gasteiger partial charge in [0.15, 0.2) is 0 Å². The fraction of sp³-hybridized carbons (Fsp3) is 0.909. The van der Waals surface area contributed by atoms with E-state index in [4.69, 9.17) is 10.8 Å². The first-order valence-corrected chi connectivity index (χ1v) is 5.78. The van der Waals surface area contributed by atoms with Crippen molar-refractivity contribution in [2.45, 2.75) is 33.1 Å². The van der Waals surface area contributed by atoms with Crippen molar-refractivity contribution in [3.05, 3.63) is 0 Å². The monoisotopic (exact) mass is 216 g/mol. The second-order valence-corrected chi connectivity index (χ2v) is 3.76. The van der Waals surface area contributed by atoms with E-state index in [0.29, 0.717) is 38.4 Å². The van der Waals surface area contributed by atoms with Crippen molar-refractivity contribution in [2.75, 3.05) is 26.2 Å². The van der Waals surface area contributed by atoms with Crippen molar-refractivity contribution in [1.82, 2.24) is 4.90 Å². The summed E-state index contributed by atoms with van der Waals surface area (Å²) in [6, 6.07) is 0. The van der Waals surface area contributed by atoms with Crippen molar-refractivity contribution in [3.63, 3.8) is 0 Å². The van der Waals surface area contributed by atoms with Gasteiger partial charge in [0.05, 0.1) is 0 Å². The second-order valence-electron chi connectivity index (χ2n) is 3.76. The number of aliphatic hydroxyl groups excluding tert-OH is 1. The molecule has 0 saturated heterocycles. The van der Waals surface area contributed by atoms with E-state index < -0.39 is 0 Å². The predicted molar refractivity (Wildman–Crippen MR) is 61.4 cm³/mol. The molecule has 0 heterocycles. The van der Waals surface area contributed by atoms with E-state index in [9.17, 15) is 4.79 Å². The number of carbonyl (C=O) groups is 1. The van der Waals surface area contributed by atoms with Crippen molar-refractivity contribution < 1.29 is 9.90 Å². The lowest BCUT2D eigenvalue weighted by Gasteiger charge is -2.22. The standard InChI is InChI=1S/C11H24N2O2/c1-3-10(9-12)8-11(15)13(4-2)6-5-7-14/h10,14H,3-9,12H2,1-2H3. The number of hydrogen-bond donors (Lipinski definition) is 2. The molecular weight excluding hydrogens is 192 g/mol. The zero-order valence-electron chi connectivity index (χ0n) is 9.91. The van der Waals surface area contributed by atoms with Gasteiger partial charge in [0.1, 0.15) is 0 Å². The smallest absolute Gasteiger partial charge is 0.222 e. The summed E-state index contributed by atoms with van der Waals surface area (Å²) in [6.45, 7) is 6.07. The normalized spacial score (nSPS) is 12.5. The summed E-state index contributed by atoms with van der Waals surface area (Å²) in [5.74, 6) is 0.448. The lowest BCUT2D eigenvalue weighted by atomic mass is 10.0. The largest absolute Gasteiger partial charge is 0.396 e. The van der Waals surface area contributed by atoms with Gasteiger partial charge in [-0.2, -0.15) is 0 Å². The highest BCUT2D eigenvalue weighted by molar-refractivity contribution is 5.76. The van der Waals surface area contributed by atoms with Gasteiger partial charge in [-0.05, 0) is 25.8 Å². The van der Waals surface area contributed by atoms with Gasteiger partial charge in [0.25, 0.3) is 0 Å². The van der Waals surface area contributed by atoms with Crippen LogP contribution in [0.3, 0.4) is 0 Å². The Morgan fingerprint density at radius 2 is 2.13 bits per heavy atom. The maximum absolute atomic E-state index is 11.8. The maximum atomic E-state index is 11.8. The topological polar surface area (TPSA) is 66.6 Å². The Balaban J connectivity index is 4.02. The molecule has 0 aliphatic rings. The van der Waals surface area contributed by atoms with Crippen LogP contribution in [0.2, 0.25) is 0 Å². The van der Waals surface area contributed by atoms with Crippen molar-refractivity contribution in [1.29, 1.82) is 0 Å². The Labute approximate surface area is 92.4 Å². The molecule has 1 amide bonds. The number of nitrogens with two attached hydrogens (primary N) is 1. The second kappa shape index (κ2) is 8.68. The first-order chi connectivity index (χ1) is 7.19. The molecule has 3 N–H and O–H groups in total. The summed E-state index contributed by atoms with van der Waals surface area (Å²) in [5, 5.41) is 8.71. The highest BCUT2D eigenvalue weighted by atomic mass is 16.3. The number of nitrogens with zero attached hydrogens (tertiary/aromatic N) is 1. The van der Waals surface area contributed by atoms with Crippen molar-refractivity contribution in [2.24, 2.45) is 11.7 Å². The number of hydrogen-bond acceptors (Lipinski definition) is 3. The van der Waals surface area contributed by atoms with Crippen LogP contribution in [-0.2, 0) is 4.79 Å². The Kier molecular flexibility index (Phi) is 8.33. The Bertz CT molecular complexity index is 170. The van der Waals surface area contributed by atoms with Gasteiger partial charge in [-0.15, -0.1) is 0 Å². The minimum atomic E-state index is 0.137. The van der Waals surface area contributed by atoms with Crippen molar-refractivity contribution in [3.8, 4) is 0 Å². The van der Waals surface area contributed by atoms with Crippen molar-refractivity contribution >= 4 is 5.91 Å². The molecule has 0 bridgehead atoms. The third-order valence-electron chi connectivity index (χ3n) is 2.69. The van der Waals surface area contributed by atoms with Gasteiger partial charge in [0.2, 0.25) is 5.91 Å². The third kappa shape index (κ3) is 5.74. The van der Waals surface area contributed by atoms with E-state index in [1.54, 1.807) is 4.90 Å². The van der Waals surface area contributed by atoms with E-state index in [0.717, 1.165) is 6.42 Å². The summed E-state index contributed by atoms with van der Waals surface area (Å²) < 4.78 is 0. The highest BCUT2D eigenvalue weighted by Gasteiger charge is 2.15. The molecule has 0 spiro atoms. The molecule has 4 heteroatoms. The first kappa shape index (κ1) is 14.4.